The van der Waals surface area contributed by atoms with E-state index < -0.39 is 0 Å². The molecule has 0 saturated carbocycles. The molecule has 0 radical (unpaired) electrons. The first-order chi connectivity index (χ1) is 7.30. The van der Waals surface area contributed by atoms with Gasteiger partial charge in [0.2, 0.25) is 11.8 Å². The average Bonchev–Trinajstić information content (AvgIpc) is 2.17. The lowest BCUT2D eigenvalue weighted by atomic mass is 9.88. The zero-order valence-corrected chi connectivity index (χ0v) is 10.4. The van der Waals surface area contributed by atoms with Crippen molar-refractivity contribution in [2.75, 3.05) is 13.1 Å². The van der Waals surface area contributed by atoms with E-state index >= 15 is 0 Å². The summed E-state index contributed by atoms with van der Waals surface area (Å²) in [7, 11) is 0. The first-order valence-electron chi connectivity index (χ1n) is 5.61. The molecule has 0 aliphatic carbocycles. The molecule has 5 nitrogen and oxygen atoms in total. The van der Waals surface area contributed by atoms with Crippen LogP contribution in [0.15, 0.2) is 0 Å². The quantitative estimate of drug-likeness (QED) is 0.602. The van der Waals surface area contributed by atoms with E-state index in [9.17, 15) is 9.59 Å². The highest BCUT2D eigenvalue weighted by atomic mass is 16.2. The van der Waals surface area contributed by atoms with E-state index in [4.69, 9.17) is 0 Å². The van der Waals surface area contributed by atoms with Gasteiger partial charge in [-0.3, -0.25) is 14.9 Å². The SMILES string of the molecule is CC(NC(=O)C1CNC(=O)CN1)C(C)(C)C. The Labute approximate surface area is 96.4 Å². The third kappa shape index (κ3) is 3.48. The molecule has 5 heteroatoms. The van der Waals surface area contributed by atoms with Gasteiger partial charge in [0.15, 0.2) is 0 Å². The number of amides is 2. The fraction of sp³-hybridized carbons (Fsp3) is 0.818. The Morgan fingerprint density at radius 3 is 2.56 bits per heavy atom. The standard InChI is InChI=1S/C11H21N3O2/c1-7(11(2,3)4)14-10(16)8-5-13-9(15)6-12-8/h7-8,12H,5-6H2,1-4H3,(H,13,15)(H,14,16). The zero-order chi connectivity index (χ0) is 12.3. The number of hydrogen-bond acceptors (Lipinski definition) is 3. The van der Waals surface area contributed by atoms with Crippen LogP contribution in [0.2, 0.25) is 0 Å². The predicted octanol–water partition coefficient (Wildman–Crippen LogP) is -0.375. The van der Waals surface area contributed by atoms with Crippen LogP contribution in [0, 0.1) is 5.41 Å². The topological polar surface area (TPSA) is 70.2 Å². The molecule has 92 valence electrons. The van der Waals surface area contributed by atoms with Crippen molar-refractivity contribution in [2.24, 2.45) is 5.41 Å². The van der Waals surface area contributed by atoms with E-state index in [1.54, 1.807) is 0 Å². The Bertz CT molecular complexity index is 273. The number of rotatable bonds is 2. The van der Waals surface area contributed by atoms with Crippen molar-refractivity contribution in [3.63, 3.8) is 0 Å². The van der Waals surface area contributed by atoms with Gasteiger partial charge in [-0.1, -0.05) is 20.8 Å². The summed E-state index contributed by atoms with van der Waals surface area (Å²) in [5.74, 6) is -0.115. The summed E-state index contributed by atoms with van der Waals surface area (Å²) in [6.07, 6.45) is 0. The van der Waals surface area contributed by atoms with E-state index in [0.29, 0.717) is 6.54 Å². The van der Waals surface area contributed by atoms with Crippen LogP contribution in [-0.4, -0.2) is 37.0 Å². The first kappa shape index (κ1) is 13.0. The molecule has 1 fully saturated rings. The monoisotopic (exact) mass is 227 g/mol. The van der Waals surface area contributed by atoms with E-state index in [1.807, 2.05) is 6.92 Å². The molecule has 0 aromatic rings. The third-order valence-electron chi connectivity index (χ3n) is 2.99. The van der Waals surface area contributed by atoms with Gasteiger partial charge in [-0.2, -0.15) is 0 Å². The summed E-state index contributed by atoms with van der Waals surface area (Å²) >= 11 is 0. The number of carbonyl (C=O) groups is 2. The summed E-state index contributed by atoms with van der Waals surface area (Å²) in [6, 6.07) is -0.220. The Kier molecular flexibility index (Phi) is 3.91. The molecule has 0 aromatic heterocycles. The van der Waals surface area contributed by atoms with E-state index in [1.165, 1.54) is 0 Å². The maximum absolute atomic E-state index is 11.8. The molecule has 0 spiro atoms. The summed E-state index contributed by atoms with van der Waals surface area (Å²) < 4.78 is 0. The lowest BCUT2D eigenvalue weighted by Crippen LogP contribution is -2.59. The Hall–Kier alpha value is -1.10. The van der Waals surface area contributed by atoms with Crippen molar-refractivity contribution >= 4 is 11.8 Å². The largest absolute Gasteiger partial charge is 0.353 e. The highest BCUT2D eigenvalue weighted by Gasteiger charge is 2.27. The fourth-order valence-electron chi connectivity index (χ4n) is 1.28. The average molecular weight is 227 g/mol. The molecule has 1 saturated heterocycles. The molecule has 1 heterocycles. The summed E-state index contributed by atoms with van der Waals surface area (Å²) in [5, 5.41) is 8.52. The van der Waals surface area contributed by atoms with Crippen molar-refractivity contribution in [1.82, 2.24) is 16.0 Å². The van der Waals surface area contributed by atoms with Gasteiger partial charge in [-0.25, -0.2) is 0 Å². The van der Waals surface area contributed by atoms with Gasteiger partial charge in [-0.05, 0) is 12.3 Å². The third-order valence-corrected chi connectivity index (χ3v) is 2.99. The second kappa shape index (κ2) is 4.82. The molecule has 2 atom stereocenters. The fourth-order valence-corrected chi connectivity index (χ4v) is 1.28. The number of hydrogen-bond donors (Lipinski definition) is 3. The second-order valence-electron chi connectivity index (χ2n) is 5.33. The van der Waals surface area contributed by atoms with Gasteiger partial charge in [-0.15, -0.1) is 0 Å². The molecular formula is C11H21N3O2. The highest BCUT2D eigenvalue weighted by molar-refractivity contribution is 5.86. The van der Waals surface area contributed by atoms with E-state index in [-0.39, 0.29) is 35.9 Å². The van der Waals surface area contributed by atoms with E-state index in [0.717, 1.165) is 0 Å². The minimum Gasteiger partial charge on any atom is -0.353 e. The lowest BCUT2D eigenvalue weighted by Gasteiger charge is -2.31. The number of nitrogens with one attached hydrogen (secondary N) is 3. The number of carbonyl (C=O) groups excluding carboxylic acids is 2. The molecule has 2 unspecified atom stereocenters. The van der Waals surface area contributed by atoms with Crippen LogP contribution in [0.5, 0.6) is 0 Å². The molecule has 1 aliphatic rings. The molecule has 1 rings (SSSR count). The highest BCUT2D eigenvalue weighted by Crippen LogP contribution is 2.18. The van der Waals surface area contributed by atoms with Crippen LogP contribution in [0.25, 0.3) is 0 Å². The molecule has 1 aliphatic heterocycles. The van der Waals surface area contributed by atoms with Gasteiger partial charge < -0.3 is 10.6 Å². The minimum atomic E-state index is -0.317. The molecule has 0 bridgehead atoms. The van der Waals surface area contributed by atoms with Crippen LogP contribution >= 0.6 is 0 Å². The van der Waals surface area contributed by atoms with E-state index in [2.05, 4.69) is 36.7 Å². The van der Waals surface area contributed by atoms with Gasteiger partial charge in [0, 0.05) is 12.6 Å². The summed E-state index contributed by atoms with van der Waals surface area (Å²) in [5.41, 5.74) is 0.0353. The van der Waals surface area contributed by atoms with Crippen molar-refractivity contribution in [3.05, 3.63) is 0 Å². The minimum absolute atomic E-state index is 0.0353. The van der Waals surface area contributed by atoms with Crippen molar-refractivity contribution in [1.29, 1.82) is 0 Å². The Morgan fingerprint density at radius 1 is 1.50 bits per heavy atom. The van der Waals surface area contributed by atoms with Gasteiger partial charge in [0.05, 0.1) is 6.54 Å². The van der Waals surface area contributed by atoms with Crippen LogP contribution < -0.4 is 16.0 Å². The molecular weight excluding hydrogens is 206 g/mol. The Balaban J connectivity index is 2.44. The molecule has 0 aromatic carbocycles. The van der Waals surface area contributed by atoms with Gasteiger partial charge in [0.1, 0.15) is 6.04 Å². The normalized spacial score (nSPS) is 23.5. The van der Waals surface area contributed by atoms with Gasteiger partial charge in [0.25, 0.3) is 0 Å². The van der Waals surface area contributed by atoms with Crippen LogP contribution in [-0.2, 0) is 9.59 Å². The smallest absolute Gasteiger partial charge is 0.239 e. The summed E-state index contributed by atoms with van der Waals surface area (Å²) in [6.45, 7) is 8.79. The molecule has 16 heavy (non-hydrogen) atoms. The lowest BCUT2D eigenvalue weighted by molar-refractivity contribution is -0.127. The van der Waals surface area contributed by atoms with Crippen molar-refractivity contribution in [3.8, 4) is 0 Å². The first-order valence-corrected chi connectivity index (χ1v) is 5.61. The molecule has 3 N–H and O–H groups in total. The zero-order valence-electron chi connectivity index (χ0n) is 10.4. The molecule has 2 amide bonds. The second-order valence-corrected chi connectivity index (χ2v) is 5.33. The van der Waals surface area contributed by atoms with Gasteiger partial charge >= 0.3 is 0 Å². The van der Waals surface area contributed by atoms with Crippen molar-refractivity contribution in [2.45, 2.75) is 39.8 Å². The summed E-state index contributed by atoms with van der Waals surface area (Å²) in [4.78, 5) is 22.7. The maximum atomic E-state index is 11.8. The maximum Gasteiger partial charge on any atom is 0.239 e. The van der Waals surface area contributed by atoms with Crippen LogP contribution in [0.1, 0.15) is 27.7 Å². The predicted molar refractivity (Wildman–Crippen MR) is 61.9 cm³/mol. The number of piperazine rings is 1. The Morgan fingerprint density at radius 2 is 2.12 bits per heavy atom. The van der Waals surface area contributed by atoms with Crippen LogP contribution in [0.4, 0.5) is 0 Å². The van der Waals surface area contributed by atoms with Crippen LogP contribution in [0.3, 0.4) is 0 Å². The van der Waals surface area contributed by atoms with Crippen molar-refractivity contribution < 1.29 is 9.59 Å².